The number of benzene rings is 3. The third kappa shape index (κ3) is 2.68. The fraction of sp³-hybridized carbons (Fsp3) is 0.0952. The van der Waals surface area contributed by atoms with Crippen LogP contribution in [-0.4, -0.2) is 13.1 Å². The summed E-state index contributed by atoms with van der Waals surface area (Å²) in [7, 11) is 1.59. The van der Waals surface area contributed by atoms with Gasteiger partial charge in [-0.3, -0.25) is 0 Å². The number of hydrogen-bond donors (Lipinski definition) is 0. The molecule has 0 fully saturated rings. The van der Waals surface area contributed by atoms with Crippen LogP contribution in [0.1, 0.15) is 16.1 Å². The van der Waals surface area contributed by atoms with E-state index in [2.05, 4.69) is 0 Å². The normalized spacial score (nSPS) is 11.0. The molecule has 26 heavy (non-hydrogen) atoms. The quantitative estimate of drug-likeness (QED) is 0.341. The Morgan fingerprint density at radius 2 is 1.77 bits per heavy atom. The second-order valence-electron chi connectivity index (χ2n) is 5.90. The number of carbonyl (C=O) groups is 1. The van der Waals surface area contributed by atoms with Crippen LogP contribution in [0.2, 0.25) is 5.02 Å². The van der Waals surface area contributed by atoms with Gasteiger partial charge in [0.15, 0.2) is 0 Å². The van der Waals surface area contributed by atoms with Gasteiger partial charge >= 0.3 is 5.97 Å². The molecule has 4 rings (SSSR count). The zero-order chi connectivity index (χ0) is 18.3. The first-order valence-electron chi connectivity index (χ1n) is 8.05. The highest BCUT2D eigenvalue weighted by Gasteiger charge is 2.21. The van der Waals surface area contributed by atoms with Gasteiger partial charge in [-0.15, -0.1) is 0 Å². The Morgan fingerprint density at radius 3 is 2.54 bits per heavy atom. The van der Waals surface area contributed by atoms with Crippen LogP contribution >= 0.6 is 11.6 Å². The Hall–Kier alpha value is -2.98. The van der Waals surface area contributed by atoms with Gasteiger partial charge in [0, 0.05) is 26.7 Å². The number of furan rings is 1. The van der Waals surface area contributed by atoms with E-state index in [0.29, 0.717) is 27.7 Å². The summed E-state index contributed by atoms with van der Waals surface area (Å²) >= 11 is 6.22. The number of methoxy groups -OCH3 is 1. The van der Waals surface area contributed by atoms with Crippen molar-refractivity contribution in [3.8, 4) is 11.5 Å². The van der Waals surface area contributed by atoms with E-state index in [9.17, 15) is 4.79 Å². The minimum absolute atomic E-state index is 0.173. The van der Waals surface area contributed by atoms with Crippen LogP contribution in [0.25, 0.3) is 21.7 Å². The fourth-order valence-corrected chi connectivity index (χ4v) is 3.22. The molecule has 0 amide bonds. The Kier molecular flexibility index (Phi) is 4.05. The van der Waals surface area contributed by atoms with Gasteiger partial charge in [-0.2, -0.15) is 0 Å². The van der Waals surface area contributed by atoms with Gasteiger partial charge in [0.2, 0.25) is 5.76 Å². The van der Waals surface area contributed by atoms with Gasteiger partial charge in [-0.25, -0.2) is 4.79 Å². The number of carbonyl (C=O) groups excluding carboxylic acids is 1. The summed E-state index contributed by atoms with van der Waals surface area (Å²) < 4.78 is 16.6. The number of fused-ring (bicyclic) bond motifs is 2. The van der Waals surface area contributed by atoms with Crippen molar-refractivity contribution in [3.05, 3.63) is 70.9 Å². The van der Waals surface area contributed by atoms with Gasteiger partial charge in [-0.1, -0.05) is 35.9 Å². The second-order valence-corrected chi connectivity index (χ2v) is 6.31. The molecule has 1 heterocycles. The maximum absolute atomic E-state index is 12.7. The summed E-state index contributed by atoms with van der Waals surface area (Å²) in [6.45, 7) is 1.82. The summed E-state index contributed by atoms with van der Waals surface area (Å²) in [5.41, 5.74) is 1.32. The van der Waals surface area contributed by atoms with Crippen molar-refractivity contribution in [2.75, 3.05) is 7.11 Å². The SMILES string of the molecule is COc1ccc2oc(C(=O)Oc3ccc(Cl)c4ccccc34)c(C)c2c1. The molecule has 4 nitrogen and oxygen atoms in total. The van der Waals surface area contributed by atoms with Crippen molar-refractivity contribution in [3.63, 3.8) is 0 Å². The van der Waals surface area contributed by atoms with Crippen LogP contribution in [-0.2, 0) is 0 Å². The summed E-state index contributed by atoms with van der Waals surface area (Å²) in [6, 6.07) is 16.3. The maximum Gasteiger partial charge on any atom is 0.379 e. The minimum atomic E-state index is -0.551. The lowest BCUT2D eigenvalue weighted by Crippen LogP contribution is -2.09. The van der Waals surface area contributed by atoms with Gasteiger partial charge in [-0.05, 0) is 37.3 Å². The largest absolute Gasteiger partial charge is 0.497 e. The van der Waals surface area contributed by atoms with E-state index in [0.717, 1.165) is 16.2 Å². The number of rotatable bonds is 3. The van der Waals surface area contributed by atoms with E-state index in [1.165, 1.54) is 0 Å². The van der Waals surface area contributed by atoms with E-state index in [1.807, 2.05) is 37.3 Å². The molecule has 130 valence electrons. The van der Waals surface area contributed by atoms with Crippen LogP contribution in [0, 0.1) is 6.92 Å². The lowest BCUT2D eigenvalue weighted by atomic mass is 10.1. The molecule has 0 bridgehead atoms. The van der Waals surface area contributed by atoms with E-state index in [4.69, 9.17) is 25.5 Å². The number of halogens is 1. The number of aryl methyl sites for hydroxylation is 1. The predicted molar refractivity (Wildman–Crippen MR) is 101 cm³/mol. The van der Waals surface area contributed by atoms with Crippen LogP contribution in [0.15, 0.2) is 59.0 Å². The number of esters is 1. The Balaban J connectivity index is 1.74. The predicted octanol–water partition coefficient (Wildman–Crippen LogP) is 5.78. The second kappa shape index (κ2) is 6.39. The van der Waals surface area contributed by atoms with Crippen molar-refractivity contribution >= 4 is 39.3 Å². The Morgan fingerprint density at radius 1 is 1.00 bits per heavy atom. The average Bonchev–Trinajstić information content (AvgIpc) is 3.00. The molecule has 3 aromatic carbocycles. The first kappa shape index (κ1) is 16.5. The highest BCUT2D eigenvalue weighted by atomic mass is 35.5. The Labute approximate surface area is 154 Å². The molecule has 0 aliphatic heterocycles. The van der Waals surface area contributed by atoms with Gasteiger partial charge < -0.3 is 13.9 Å². The lowest BCUT2D eigenvalue weighted by molar-refractivity contribution is 0.0705. The number of ether oxygens (including phenoxy) is 2. The molecule has 0 aliphatic carbocycles. The van der Waals surface area contributed by atoms with Gasteiger partial charge in [0.25, 0.3) is 0 Å². The highest BCUT2D eigenvalue weighted by Crippen LogP contribution is 2.33. The van der Waals surface area contributed by atoms with Gasteiger partial charge in [0.1, 0.15) is 17.1 Å². The van der Waals surface area contributed by atoms with Crippen molar-refractivity contribution in [1.82, 2.24) is 0 Å². The molecule has 5 heteroatoms. The van der Waals surface area contributed by atoms with Crippen LogP contribution < -0.4 is 9.47 Å². The summed E-state index contributed by atoms with van der Waals surface area (Å²) in [4.78, 5) is 12.7. The van der Waals surface area contributed by atoms with Crippen LogP contribution in [0.3, 0.4) is 0 Å². The zero-order valence-corrected chi connectivity index (χ0v) is 15.0. The topological polar surface area (TPSA) is 48.7 Å². The highest BCUT2D eigenvalue weighted by molar-refractivity contribution is 6.35. The molecule has 0 atom stereocenters. The van der Waals surface area contributed by atoms with E-state index < -0.39 is 5.97 Å². The molecule has 0 unspecified atom stereocenters. The van der Waals surface area contributed by atoms with Crippen molar-refractivity contribution in [2.24, 2.45) is 0 Å². The molecule has 0 radical (unpaired) electrons. The smallest absolute Gasteiger partial charge is 0.379 e. The number of hydrogen-bond acceptors (Lipinski definition) is 4. The average molecular weight is 367 g/mol. The standard InChI is InChI=1S/C21H15ClO4/c1-12-16-11-13(24-2)7-9-19(16)25-20(12)21(23)26-18-10-8-17(22)14-5-3-4-6-15(14)18/h3-11H,1-2H3. The maximum atomic E-state index is 12.7. The third-order valence-electron chi connectivity index (χ3n) is 4.36. The molecule has 1 aromatic heterocycles. The monoisotopic (exact) mass is 366 g/mol. The third-order valence-corrected chi connectivity index (χ3v) is 4.69. The zero-order valence-electron chi connectivity index (χ0n) is 14.2. The van der Waals surface area contributed by atoms with E-state index in [-0.39, 0.29) is 5.76 Å². The molecule has 0 aliphatic rings. The molecule has 0 saturated carbocycles. The molecule has 4 aromatic rings. The molecule has 0 saturated heterocycles. The lowest BCUT2D eigenvalue weighted by Gasteiger charge is -2.08. The summed E-state index contributed by atoms with van der Waals surface area (Å²) in [6.07, 6.45) is 0. The summed E-state index contributed by atoms with van der Waals surface area (Å²) in [5, 5.41) is 3.01. The van der Waals surface area contributed by atoms with Crippen molar-refractivity contribution in [1.29, 1.82) is 0 Å². The molecule has 0 N–H and O–H groups in total. The van der Waals surface area contributed by atoms with Crippen LogP contribution in [0.4, 0.5) is 0 Å². The molecule has 0 spiro atoms. The van der Waals surface area contributed by atoms with E-state index in [1.54, 1.807) is 31.4 Å². The molecular weight excluding hydrogens is 352 g/mol. The first-order chi connectivity index (χ1) is 12.6. The molecular formula is C21H15ClO4. The fourth-order valence-electron chi connectivity index (χ4n) is 2.99. The van der Waals surface area contributed by atoms with Crippen molar-refractivity contribution < 1.29 is 18.7 Å². The first-order valence-corrected chi connectivity index (χ1v) is 8.43. The summed E-state index contributed by atoms with van der Waals surface area (Å²) in [5.74, 6) is 0.759. The Bertz CT molecular complexity index is 1140. The van der Waals surface area contributed by atoms with Crippen molar-refractivity contribution in [2.45, 2.75) is 6.92 Å². The van der Waals surface area contributed by atoms with E-state index >= 15 is 0 Å². The van der Waals surface area contributed by atoms with Gasteiger partial charge in [0.05, 0.1) is 7.11 Å². The van der Waals surface area contributed by atoms with Crippen LogP contribution in [0.5, 0.6) is 11.5 Å². The minimum Gasteiger partial charge on any atom is -0.497 e.